The zero-order chi connectivity index (χ0) is 15.5. The molecule has 0 bridgehead atoms. The molecule has 112 valence electrons. The van der Waals surface area contributed by atoms with Gasteiger partial charge in [-0.1, -0.05) is 28.1 Å². The number of furan rings is 1. The summed E-state index contributed by atoms with van der Waals surface area (Å²) in [5, 5.41) is 7.07. The molecule has 4 nitrogen and oxygen atoms in total. The van der Waals surface area contributed by atoms with E-state index in [0.717, 1.165) is 38.1 Å². The molecule has 0 aliphatic carbocycles. The zero-order valence-electron chi connectivity index (χ0n) is 12.1. The molecule has 0 saturated carbocycles. The summed E-state index contributed by atoms with van der Waals surface area (Å²) in [5.41, 5.74) is 5.78. The van der Waals surface area contributed by atoms with E-state index in [2.05, 4.69) is 31.4 Å². The van der Waals surface area contributed by atoms with Crippen LogP contribution in [-0.2, 0) is 0 Å². The first-order valence-electron chi connectivity index (χ1n) is 6.70. The van der Waals surface area contributed by atoms with Crippen LogP contribution < -0.4 is 5.43 Å². The summed E-state index contributed by atoms with van der Waals surface area (Å²) >= 11 is 4.95. The maximum absolute atomic E-state index is 5.53. The van der Waals surface area contributed by atoms with Crippen LogP contribution in [0.25, 0.3) is 11.3 Å². The molecule has 3 rings (SSSR count). The molecular formula is C16H14BrN3OS. The van der Waals surface area contributed by atoms with Crippen LogP contribution in [0.2, 0.25) is 0 Å². The van der Waals surface area contributed by atoms with Gasteiger partial charge in [0.15, 0.2) is 0 Å². The molecular weight excluding hydrogens is 362 g/mol. The minimum absolute atomic E-state index is 0.751. The van der Waals surface area contributed by atoms with Gasteiger partial charge in [-0.05, 0) is 38.1 Å². The lowest BCUT2D eigenvalue weighted by Crippen LogP contribution is -1.97. The van der Waals surface area contributed by atoms with Crippen molar-refractivity contribution in [3.05, 3.63) is 57.8 Å². The van der Waals surface area contributed by atoms with Crippen molar-refractivity contribution in [2.75, 3.05) is 5.43 Å². The van der Waals surface area contributed by atoms with Gasteiger partial charge >= 0.3 is 0 Å². The van der Waals surface area contributed by atoms with Crippen LogP contribution in [0.5, 0.6) is 0 Å². The van der Waals surface area contributed by atoms with Gasteiger partial charge < -0.3 is 4.42 Å². The summed E-state index contributed by atoms with van der Waals surface area (Å²) in [6.07, 6.45) is 0. The van der Waals surface area contributed by atoms with Crippen LogP contribution in [0.4, 0.5) is 5.13 Å². The lowest BCUT2D eigenvalue weighted by Gasteiger charge is -1.98. The molecule has 6 heteroatoms. The van der Waals surface area contributed by atoms with Crippen molar-refractivity contribution in [1.29, 1.82) is 0 Å². The molecule has 0 aliphatic heterocycles. The first-order chi connectivity index (χ1) is 10.6. The second-order valence-corrected chi connectivity index (χ2v) is 6.54. The van der Waals surface area contributed by atoms with Gasteiger partial charge in [-0.2, -0.15) is 5.10 Å². The summed E-state index contributed by atoms with van der Waals surface area (Å²) in [7, 11) is 0. The monoisotopic (exact) mass is 375 g/mol. The minimum Gasteiger partial charge on any atom is -0.460 e. The summed E-state index contributed by atoms with van der Waals surface area (Å²) < 4.78 is 6.58. The third-order valence-corrected chi connectivity index (χ3v) is 4.34. The van der Waals surface area contributed by atoms with E-state index in [1.54, 1.807) is 0 Å². The molecule has 22 heavy (non-hydrogen) atoms. The number of halogens is 1. The Morgan fingerprint density at radius 2 is 2.00 bits per heavy atom. The van der Waals surface area contributed by atoms with Crippen molar-refractivity contribution >= 4 is 38.1 Å². The molecule has 1 aromatic carbocycles. The predicted octanol–water partition coefficient (Wildman–Crippen LogP) is 5.31. The van der Waals surface area contributed by atoms with Crippen LogP contribution in [0.1, 0.15) is 18.4 Å². The maximum Gasteiger partial charge on any atom is 0.203 e. The maximum atomic E-state index is 5.53. The van der Waals surface area contributed by atoms with Crippen LogP contribution >= 0.6 is 27.3 Å². The van der Waals surface area contributed by atoms with Gasteiger partial charge in [0.1, 0.15) is 17.2 Å². The lowest BCUT2D eigenvalue weighted by atomic mass is 10.2. The Morgan fingerprint density at radius 3 is 2.68 bits per heavy atom. The average Bonchev–Trinajstić information content (AvgIpc) is 3.15. The van der Waals surface area contributed by atoms with E-state index < -0.39 is 0 Å². The Kier molecular flexibility index (Phi) is 4.40. The number of aryl methyl sites for hydroxylation is 1. The third kappa shape index (κ3) is 3.45. The molecule has 3 aromatic rings. The Labute approximate surface area is 141 Å². The number of thiazole rings is 1. The van der Waals surface area contributed by atoms with E-state index in [-0.39, 0.29) is 0 Å². The minimum atomic E-state index is 0.751. The third-order valence-electron chi connectivity index (χ3n) is 3.06. The molecule has 0 aliphatic rings. The fraction of sp³-hybridized carbons (Fsp3) is 0.125. The number of hydrogen-bond acceptors (Lipinski definition) is 5. The molecule has 2 heterocycles. The van der Waals surface area contributed by atoms with Crippen molar-refractivity contribution in [2.45, 2.75) is 13.8 Å². The Hall–Kier alpha value is -1.92. The van der Waals surface area contributed by atoms with E-state index in [1.807, 2.05) is 55.6 Å². The number of aromatic nitrogens is 1. The van der Waals surface area contributed by atoms with E-state index >= 15 is 0 Å². The second kappa shape index (κ2) is 6.46. The molecule has 0 fully saturated rings. The highest BCUT2D eigenvalue weighted by Crippen LogP contribution is 2.26. The Balaban J connectivity index is 1.73. The van der Waals surface area contributed by atoms with Gasteiger partial charge in [-0.3, -0.25) is 5.43 Å². The number of nitrogens with zero attached hydrogens (tertiary/aromatic N) is 2. The lowest BCUT2D eigenvalue weighted by molar-refractivity contribution is 0.525. The smallest absolute Gasteiger partial charge is 0.203 e. The number of rotatable bonds is 4. The van der Waals surface area contributed by atoms with Gasteiger partial charge in [0, 0.05) is 15.4 Å². The van der Waals surface area contributed by atoms with Gasteiger partial charge in [-0.25, -0.2) is 4.98 Å². The average molecular weight is 376 g/mol. The van der Waals surface area contributed by atoms with Crippen molar-refractivity contribution in [2.24, 2.45) is 5.10 Å². The van der Waals surface area contributed by atoms with Crippen molar-refractivity contribution < 1.29 is 4.42 Å². The molecule has 0 atom stereocenters. The normalized spacial score (nSPS) is 11.7. The first kappa shape index (κ1) is 15.0. The molecule has 1 N–H and O–H groups in total. The summed E-state index contributed by atoms with van der Waals surface area (Å²) in [4.78, 5) is 4.54. The number of benzene rings is 1. The SMILES string of the molecule is CC(=NNc1nc(-c2ccc(Br)cc2)cs1)c1ccc(C)o1. The summed E-state index contributed by atoms with van der Waals surface area (Å²) in [6.45, 7) is 3.81. The van der Waals surface area contributed by atoms with Crippen LogP contribution in [0, 0.1) is 6.92 Å². The number of anilines is 1. The standard InChI is InChI=1S/C16H14BrN3OS/c1-10-3-8-15(21-10)11(2)19-20-16-18-14(9-22-16)12-4-6-13(17)7-5-12/h3-9H,1-2H3,(H,18,20). The Bertz CT molecular complexity index is 805. The Morgan fingerprint density at radius 1 is 1.23 bits per heavy atom. The second-order valence-electron chi connectivity index (χ2n) is 4.76. The molecule has 2 aromatic heterocycles. The largest absolute Gasteiger partial charge is 0.460 e. The quantitative estimate of drug-likeness (QED) is 0.496. The fourth-order valence-corrected chi connectivity index (χ4v) is 2.82. The first-order valence-corrected chi connectivity index (χ1v) is 8.37. The summed E-state index contributed by atoms with van der Waals surface area (Å²) in [5.74, 6) is 1.63. The highest BCUT2D eigenvalue weighted by Gasteiger charge is 2.05. The fourth-order valence-electron chi connectivity index (χ4n) is 1.89. The molecule has 0 spiro atoms. The van der Waals surface area contributed by atoms with E-state index in [1.165, 1.54) is 11.3 Å². The van der Waals surface area contributed by atoms with Crippen LogP contribution in [0.15, 0.2) is 55.8 Å². The van der Waals surface area contributed by atoms with E-state index in [0.29, 0.717) is 0 Å². The van der Waals surface area contributed by atoms with Crippen molar-refractivity contribution in [3.8, 4) is 11.3 Å². The topological polar surface area (TPSA) is 50.4 Å². The van der Waals surface area contributed by atoms with Crippen LogP contribution in [0.3, 0.4) is 0 Å². The van der Waals surface area contributed by atoms with Gasteiger partial charge in [-0.15, -0.1) is 11.3 Å². The highest BCUT2D eigenvalue weighted by molar-refractivity contribution is 9.10. The molecule has 0 saturated heterocycles. The van der Waals surface area contributed by atoms with Crippen molar-refractivity contribution in [1.82, 2.24) is 4.98 Å². The zero-order valence-corrected chi connectivity index (χ0v) is 14.5. The number of hydrazone groups is 1. The predicted molar refractivity (Wildman–Crippen MR) is 94.5 cm³/mol. The van der Waals surface area contributed by atoms with E-state index in [4.69, 9.17) is 4.42 Å². The van der Waals surface area contributed by atoms with Gasteiger partial charge in [0.25, 0.3) is 0 Å². The summed E-state index contributed by atoms with van der Waals surface area (Å²) in [6, 6.07) is 11.9. The molecule has 0 amide bonds. The van der Waals surface area contributed by atoms with Crippen LogP contribution in [-0.4, -0.2) is 10.7 Å². The number of hydrogen-bond donors (Lipinski definition) is 1. The van der Waals surface area contributed by atoms with E-state index in [9.17, 15) is 0 Å². The van der Waals surface area contributed by atoms with Crippen molar-refractivity contribution in [3.63, 3.8) is 0 Å². The van der Waals surface area contributed by atoms with Gasteiger partial charge in [0.2, 0.25) is 5.13 Å². The van der Waals surface area contributed by atoms with Gasteiger partial charge in [0.05, 0.1) is 5.69 Å². The molecule has 0 unspecified atom stereocenters. The molecule has 0 radical (unpaired) electrons. The number of nitrogens with one attached hydrogen (secondary N) is 1. The highest BCUT2D eigenvalue weighted by atomic mass is 79.9.